The number of morpholine rings is 1. The van der Waals surface area contributed by atoms with Crippen LogP contribution in [0.1, 0.15) is 12.8 Å². The SMILES string of the molecule is O=C1COCC2(CCNCC2)N1. The van der Waals surface area contributed by atoms with Crippen molar-refractivity contribution in [3.63, 3.8) is 0 Å². The Labute approximate surface area is 71.7 Å². The fourth-order valence-electron chi connectivity index (χ4n) is 1.88. The molecule has 0 aromatic carbocycles. The minimum absolute atomic E-state index is 0.0307. The first-order valence-electron chi connectivity index (χ1n) is 4.40. The van der Waals surface area contributed by atoms with E-state index in [2.05, 4.69) is 10.6 Å². The zero-order valence-electron chi connectivity index (χ0n) is 7.06. The van der Waals surface area contributed by atoms with Crippen LogP contribution in [0.3, 0.4) is 0 Å². The highest BCUT2D eigenvalue weighted by Crippen LogP contribution is 2.20. The topological polar surface area (TPSA) is 50.4 Å². The summed E-state index contributed by atoms with van der Waals surface area (Å²) in [4.78, 5) is 11.1. The number of amides is 1. The first-order valence-corrected chi connectivity index (χ1v) is 4.40. The molecule has 0 aromatic heterocycles. The normalized spacial score (nSPS) is 28.5. The summed E-state index contributed by atoms with van der Waals surface area (Å²) in [5.74, 6) is 0.0307. The number of piperidine rings is 1. The van der Waals surface area contributed by atoms with Crippen LogP contribution in [-0.2, 0) is 9.53 Å². The fourth-order valence-corrected chi connectivity index (χ4v) is 1.88. The number of ether oxygens (including phenoxy) is 1. The molecule has 0 bridgehead atoms. The van der Waals surface area contributed by atoms with Crippen LogP contribution in [0.15, 0.2) is 0 Å². The summed E-state index contributed by atoms with van der Waals surface area (Å²) in [5, 5.41) is 6.29. The van der Waals surface area contributed by atoms with Gasteiger partial charge in [-0.3, -0.25) is 4.79 Å². The molecule has 2 aliphatic heterocycles. The number of rotatable bonds is 0. The third kappa shape index (κ3) is 1.44. The molecule has 1 spiro atoms. The molecule has 12 heavy (non-hydrogen) atoms. The van der Waals surface area contributed by atoms with Crippen LogP contribution >= 0.6 is 0 Å². The largest absolute Gasteiger partial charge is 0.369 e. The van der Waals surface area contributed by atoms with Crippen molar-refractivity contribution in [3.05, 3.63) is 0 Å². The Kier molecular flexibility index (Phi) is 2.02. The number of carbonyl (C=O) groups is 1. The number of nitrogens with one attached hydrogen (secondary N) is 2. The maximum Gasteiger partial charge on any atom is 0.246 e. The number of hydrogen-bond donors (Lipinski definition) is 2. The fraction of sp³-hybridized carbons (Fsp3) is 0.875. The molecule has 2 heterocycles. The zero-order chi connectivity index (χ0) is 8.44. The van der Waals surface area contributed by atoms with Crippen molar-refractivity contribution in [1.29, 1.82) is 0 Å². The summed E-state index contributed by atoms with van der Waals surface area (Å²) in [6.45, 7) is 2.86. The van der Waals surface area contributed by atoms with E-state index in [4.69, 9.17) is 4.74 Å². The molecule has 2 saturated heterocycles. The van der Waals surface area contributed by atoms with Crippen LogP contribution in [0.2, 0.25) is 0 Å². The predicted molar refractivity (Wildman–Crippen MR) is 43.8 cm³/mol. The molecule has 2 rings (SSSR count). The summed E-state index contributed by atoms with van der Waals surface area (Å²) in [6, 6.07) is 0. The van der Waals surface area contributed by atoms with E-state index in [9.17, 15) is 4.79 Å². The van der Waals surface area contributed by atoms with E-state index in [-0.39, 0.29) is 18.1 Å². The highest BCUT2D eigenvalue weighted by atomic mass is 16.5. The van der Waals surface area contributed by atoms with Gasteiger partial charge in [0.1, 0.15) is 6.61 Å². The van der Waals surface area contributed by atoms with Crippen molar-refractivity contribution in [1.82, 2.24) is 10.6 Å². The van der Waals surface area contributed by atoms with Gasteiger partial charge in [-0.2, -0.15) is 0 Å². The van der Waals surface area contributed by atoms with Gasteiger partial charge in [-0.05, 0) is 25.9 Å². The molecule has 0 radical (unpaired) electrons. The molecule has 1 amide bonds. The van der Waals surface area contributed by atoms with Gasteiger partial charge in [-0.1, -0.05) is 0 Å². The van der Waals surface area contributed by atoms with Crippen molar-refractivity contribution in [2.24, 2.45) is 0 Å². The van der Waals surface area contributed by atoms with E-state index in [1.807, 2.05) is 0 Å². The summed E-state index contributed by atoms with van der Waals surface area (Å²) in [5.41, 5.74) is -0.0550. The monoisotopic (exact) mass is 170 g/mol. The molecule has 0 unspecified atom stereocenters. The van der Waals surface area contributed by atoms with E-state index >= 15 is 0 Å². The number of hydrogen-bond acceptors (Lipinski definition) is 3. The minimum atomic E-state index is -0.0550. The molecule has 0 aromatic rings. The lowest BCUT2D eigenvalue weighted by Crippen LogP contribution is -2.61. The smallest absolute Gasteiger partial charge is 0.246 e. The second kappa shape index (κ2) is 3.03. The van der Waals surface area contributed by atoms with Crippen molar-refractivity contribution >= 4 is 5.91 Å². The van der Waals surface area contributed by atoms with Gasteiger partial charge in [0.25, 0.3) is 0 Å². The van der Waals surface area contributed by atoms with Crippen LogP contribution in [-0.4, -0.2) is 37.7 Å². The van der Waals surface area contributed by atoms with Gasteiger partial charge in [0.2, 0.25) is 5.91 Å². The molecule has 4 nitrogen and oxygen atoms in total. The summed E-state index contributed by atoms with van der Waals surface area (Å²) in [7, 11) is 0. The van der Waals surface area contributed by atoms with E-state index in [1.54, 1.807) is 0 Å². The van der Waals surface area contributed by atoms with Gasteiger partial charge in [0.05, 0.1) is 12.1 Å². The average molecular weight is 170 g/mol. The summed E-state index contributed by atoms with van der Waals surface area (Å²) < 4.78 is 5.24. The molecule has 4 heteroatoms. The molecule has 2 N–H and O–H groups in total. The predicted octanol–water partition coefficient (Wildman–Crippen LogP) is -0.745. The summed E-state index contributed by atoms with van der Waals surface area (Å²) >= 11 is 0. The second-order valence-corrected chi connectivity index (χ2v) is 3.57. The van der Waals surface area contributed by atoms with E-state index in [1.165, 1.54) is 0 Å². The summed E-state index contributed by atoms with van der Waals surface area (Å²) in [6.07, 6.45) is 1.97. The minimum Gasteiger partial charge on any atom is -0.369 e. The van der Waals surface area contributed by atoms with Crippen LogP contribution in [0, 0.1) is 0 Å². The Morgan fingerprint density at radius 2 is 2.08 bits per heavy atom. The molecule has 0 atom stereocenters. The quantitative estimate of drug-likeness (QED) is 0.503. The zero-order valence-corrected chi connectivity index (χ0v) is 7.06. The van der Waals surface area contributed by atoms with Gasteiger partial charge in [0, 0.05) is 0 Å². The van der Waals surface area contributed by atoms with Crippen LogP contribution < -0.4 is 10.6 Å². The van der Waals surface area contributed by atoms with Gasteiger partial charge >= 0.3 is 0 Å². The molecule has 0 aliphatic carbocycles. The number of carbonyl (C=O) groups excluding carboxylic acids is 1. The Morgan fingerprint density at radius 3 is 2.75 bits per heavy atom. The highest BCUT2D eigenvalue weighted by Gasteiger charge is 2.36. The maximum absolute atomic E-state index is 11.1. The molecule has 68 valence electrons. The third-order valence-corrected chi connectivity index (χ3v) is 2.58. The van der Waals surface area contributed by atoms with E-state index in [0.717, 1.165) is 25.9 Å². The maximum atomic E-state index is 11.1. The average Bonchev–Trinajstić information content (AvgIpc) is 2.05. The Hall–Kier alpha value is -0.610. The van der Waals surface area contributed by atoms with E-state index in [0.29, 0.717) is 6.61 Å². The third-order valence-electron chi connectivity index (χ3n) is 2.58. The van der Waals surface area contributed by atoms with Crippen LogP contribution in [0.4, 0.5) is 0 Å². The molecular formula is C8H14N2O2. The Bertz CT molecular complexity index is 182. The molecule has 0 saturated carbocycles. The lowest BCUT2D eigenvalue weighted by atomic mass is 9.88. The van der Waals surface area contributed by atoms with Gasteiger partial charge in [-0.15, -0.1) is 0 Å². The van der Waals surface area contributed by atoms with Crippen molar-refractivity contribution < 1.29 is 9.53 Å². The molecule has 2 aliphatic rings. The van der Waals surface area contributed by atoms with Crippen molar-refractivity contribution in [3.8, 4) is 0 Å². The molecular weight excluding hydrogens is 156 g/mol. The van der Waals surface area contributed by atoms with Crippen molar-refractivity contribution in [2.45, 2.75) is 18.4 Å². The molecule has 2 fully saturated rings. The highest BCUT2D eigenvalue weighted by molar-refractivity contribution is 5.78. The van der Waals surface area contributed by atoms with Crippen LogP contribution in [0.25, 0.3) is 0 Å². The second-order valence-electron chi connectivity index (χ2n) is 3.57. The lowest BCUT2D eigenvalue weighted by molar-refractivity contribution is -0.136. The van der Waals surface area contributed by atoms with Crippen molar-refractivity contribution in [2.75, 3.05) is 26.3 Å². The Balaban J connectivity index is 2.02. The standard InChI is InChI=1S/C8H14N2O2/c11-7-5-12-6-8(10-7)1-3-9-4-2-8/h9H,1-6H2,(H,10,11). The van der Waals surface area contributed by atoms with Gasteiger partial charge in [-0.25, -0.2) is 0 Å². The van der Waals surface area contributed by atoms with Gasteiger partial charge in [0.15, 0.2) is 0 Å². The van der Waals surface area contributed by atoms with E-state index < -0.39 is 0 Å². The van der Waals surface area contributed by atoms with Gasteiger partial charge < -0.3 is 15.4 Å². The first kappa shape index (κ1) is 8.01. The lowest BCUT2D eigenvalue weighted by Gasteiger charge is -2.40. The Morgan fingerprint density at radius 1 is 1.33 bits per heavy atom. The first-order chi connectivity index (χ1) is 5.81. The van der Waals surface area contributed by atoms with Crippen LogP contribution in [0.5, 0.6) is 0 Å².